The fourth-order valence-electron chi connectivity index (χ4n) is 10.1. The van der Waals surface area contributed by atoms with E-state index >= 15 is 0 Å². The van der Waals surface area contributed by atoms with Gasteiger partial charge in [-0.1, -0.05) is 103 Å². The molecule has 0 aromatic heterocycles. The number of halogens is 4. The number of benzene rings is 12. The molecule has 8 heteroatoms. The number of hydrogen-bond acceptors (Lipinski definition) is 3. The predicted molar refractivity (Wildman–Crippen MR) is 292 cm³/mol. The molecule has 12 aromatic rings. The Bertz CT molecular complexity index is 3800. The van der Waals surface area contributed by atoms with Crippen LogP contribution in [0, 0.1) is 41.2 Å². The van der Waals surface area contributed by atoms with Gasteiger partial charge in [0.25, 0.3) is 0 Å². The number of nitriles is 1. The highest BCUT2D eigenvalue weighted by atomic mass is 19.1. The van der Waals surface area contributed by atoms with E-state index in [9.17, 15) is 22.8 Å². The molecule has 0 amide bonds. The van der Waals surface area contributed by atoms with Crippen LogP contribution < -0.4 is 9.80 Å². The molecule has 12 aromatic carbocycles. The molecular weight excluding hydrogens is 925 g/mol. The zero-order valence-electron chi connectivity index (χ0n) is 39.2. The third-order valence-corrected chi connectivity index (χ3v) is 13.6. The van der Waals surface area contributed by atoms with Crippen LogP contribution in [0.2, 0.25) is 0 Å². The van der Waals surface area contributed by atoms with Gasteiger partial charge >= 0.3 is 0 Å². The lowest BCUT2D eigenvalue weighted by atomic mass is 9.91. The molecule has 350 valence electrons. The lowest BCUT2D eigenvalue weighted by Crippen LogP contribution is -2.12. The molecule has 0 aliphatic heterocycles. The molecule has 0 fully saturated rings. The Balaban J connectivity index is 1.11. The Hall–Kier alpha value is -10.0. The molecule has 0 spiro atoms. The highest BCUT2D eigenvalue weighted by molar-refractivity contribution is 6.28. The fraction of sp³-hybridized carbons (Fsp3) is 0. The average molecular weight is 963 g/mol. The molecule has 0 saturated carbocycles. The first-order chi connectivity index (χ1) is 36.2. The monoisotopic (exact) mass is 962 g/mol. The minimum Gasteiger partial charge on any atom is -0.311 e. The first kappa shape index (κ1) is 45.1. The van der Waals surface area contributed by atoms with E-state index in [1.54, 1.807) is 60.7 Å². The molecule has 0 bridgehead atoms. The van der Waals surface area contributed by atoms with Crippen molar-refractivity contribution in [2.75, 3.05) is 9.80 Å². The van der Waals surface area contributed by atoms with Crippen LogP contribution in [0.25, 0.3) is 81.7 Å². The Morgan fingerprint density at radius 2 is 0.716 bits per heavy atom. The van der Waals surface area contributed by atoms with Gasteiger partial charge in [-0.3, -0.25) is 0 Å². The highest BCUT2D eigenvalue weighted by Crippen LogP contribution is 2.49. The third kappa shape index (κ3) is 8.37. The van der Waals surface area contributed by atoms with Crippen LogP contribution in [0.4, 0.5) is 57.4 Å². The Labute approximate surface area is 424 Å². The van der Waals surface area contributed by atoms with E-state index in [2.05, 4.69) is 69.2 Å². The molecule has 0 aliphatic carbocycles. The number of rotatable bonds is 10. The highest BCUT2D eigenvalue weighted by Gasteiger charge is 2.24. The van der Waals surface area contributed by atoms with Gasteiger partial charge in [0.05, 0.1) is 29.6 Å². The van der Waals surface area contributed by atoms with Gasteiger partial charge in [0.2, 0.25) is 0 Å². The summed E-state index contributed by atoms with van der Waals surface area (Å²) in [4.78, 5) is 8.09. The summed E-state index contributed by atoms with van der Waals surface area (Å²) in [5, 5.41) is 16.1. The van der Waals surface area contributed by atoms with E-state index in [0.29, 0.717) is 11.3 Å². The molecule has 12 rings (SSSR count). The van der Waals surface area contributed by atoms with Crippen LogP contribution in [-0.4, -0.2) is 0 Å². The number of hydrogen-bond donors (Lipinski definition) is 0. The van der Waals surface area contributed by atoms with Gasteiger partial charge in [-0.05, 0) is 193 Å². The van der Waals surface area contributed by atoms with Gasteiger partial charge in [-0.2, -0.15) is 5.26 Å². The number of anilines is 6. The second-order valence-electron chi connectivity index (χ2n) is 18.1. The zero-order valence-corrected chi connectivity index (χ0v) is 39.2. The maximum atomic E-state index is 14.4. The smallest absolute Gasteiger partial charge is 0.189 e. The summed E-state index contributed by atoms with van der Waals surface area (Å²) in [5.74, 6) is -1.43. The molecule has 0 N–H and O–H groups in total. The van der Waals surface area contributed by atoms with Gasteiger partial charge in [-0.25, -0.2) is 22.4 Å². The van der Waals surface area contributed by atoms with Crippen LogP contribution in [0.5, 0.6) is 0 Å². The van der Waals surface area contributed by atoms with E-state index in [1.165, 1.54) is 48.5 Å². The summed E-state index contributed by atoms with van der Waals surface area (Å²) in [5.41, 5.74) is 11.9. The zero-order chi connectivity index (χ0) is 50.5. The molecular formula is C66H38F4N4. The summed E-state index contributed by atoms with van der Waals surface area (Å²) in [6.45, 7) is 8.02. The quantitative estimate of drug-likeness (QED) is 0.0778. The topological polar surface area (TPSA) is 34.6 Å². The van der Waals surface area contributed by atoms with Gasteiger partial charge < -0.3 is 9.80 Å². The standard InChI is InChI=1S/C66H38F4N4/c1-72-56-5-3-7-58(39-56)74(60-37-50(44-12-24-54(69)25-13-44)34-51(38-60)45-14-26-55(70)27-15-45)64-31-19-47-16-28-61-63(30-18-46-17-29-62(64)66(47)65(46)61)73(57-6-2-4-41(32-57)40-71)59-35-48(42-8-20-52(67)21-9-42)33-49(36-59)43-10-22-53(68)23-11-43/h2-39H. The van der Waals surface area contributed by atoms with Crippen LogP contribution in [0.15, 0.2) is 231 Å². The van der Waals surface area contributed by atoms with E-state index in [4.69, 9.17) is 6.57 Å². The van der Waals surface area contributed by atoms with Crippen molar-refractivity contribution in [1.29, 1.82) is 5.26 Å². The molecule has 0 saturated heterocycles. The average Bonchev–Trinajstić information content (AvgIpc) is 3.45. The normalized spacial score (nSPS) is 11.2. The summed E-state index contributed by atoms with van der Waals surface area (Å²) < 4.78 is 57.5. The molecule has 0 aliphatic rings. The van der Waals surface area contributed by atoms with Crippen molar-refractivity contribution in [3.05, 3.63) is 271 Å². The van der Waals surface area contributed by atoms with Crippen molar-refractivity contribution in [1.82, 2.24) is 0 Å². The summed E-state index contributed by atoms with van der Waals surface area (Å²) in [6, 6.07) is 71.7. The predicted octanol–water partition coefficient (Wildman–Crippen LogP) is 19.2. The Morgan fingerprint density at radius 3 is 1.09 bits per heavy atom. The van der Waals surface area contributed by atoms with Gasteiger partial charge in [0.1, 0.15) is 23.3 Å². The maximum Gasteiger partial charge on any atom is 0.189 e. The summed E-state index contributed by atoms with van der Waals surface area (Å²) in [6.07, 6.45) is 0. The first-order valence-electron chi connectivity index (χ1n) is 23.8. The van der Waals surface area contributed by atoms with Crippen molar-refractivity contribution in [3.8, 4) is 50.6 Å². The SMILES string of the molecule is [C-]#[N+]c1cccc(N(c2cc(-c3ccc(F)cc3)cc(-c3ccc(F)cc3)c2)c2ccc3ccc4c(N(c5cccc(C#N)c5)c5cc(-c6ccc(F)cc6)cc(-c6ccc(F)cc6)c5)ccc5ccc2c3c54)c1. The van der Waals surface area contributed by atoms with Gasteiger partial charge in [0.15, 0.2) is 5.69 Å². The molecule has 0 unspecified atom stereocenters. The molecule has 0 atom stereocenters. The first-order valence-corrected chi connectivity index (χ1v) is 23.8. The lowest BCUT2D eigenvalue weighted by molar-refractivity contribution is 0.627. The van der Waals surface area contributed by atoms with E-state index in [1.807, 2.05) is 72.8 Å². The minimum atomic E-state index is -0.358. The van der Waals surface area contributed by atoms with Crippen LogP contribution in [-0.2, 0) is 0 Å². The van der Waals surface area contributed by atoms with Gasteiger partial charge in [0, 0.05) is 33.5 Å². The molecule has 4 nitrogen and oxygen atoms in total. The Kier molecular flexibility index (Phi) is 11.4. The summed E-state index contributed by atoms with van der Waals surface area (Å²) in [7, 11) is 0. The van der Waals surface area contributed by atoms with Crippen molar-refractivity contribution >= 4 is 72.1 Å². The molecule has 0 heterocycles. The Morgan fingerprint density at radius 1 is 0.351 bits per heavy atom. The van der Waals surface area contributed by atoms with Crippen molar-refractivity contribution in [2.24, 2.45) is 0 Å². The van der Waals surface area contributed by atoms with Crippen molar-refractivity contribution in [3.63, 3.8) is 0 Å². The van der Waals surface area contributed by atoms with Crippen LogP contribution >= 0.6 is 0 Å². The minimum absolute atomic E-state index is 0.356. The van der Waals surface area contributed by atoms with E-state index in [-0.39, 0.29) is 23.3 Å². The van der Waals surface area contributed by atoms with Crippen molar-refractivity contribution in [2.45, 2.75) is 0 Å². The second-order valence-corrected chi connectivity index (χ2v) is 18.1. The van der Waals surface area contributed by atoms with Crippen LogP contribution in [0.1, 0.15) is 5.56 Å². The maximum absolute atomic E-state index is 14.4. The van der Waals surface area contributed by atoms with Crippen LogP contribution in [0.3, 0.4) is 0 Å². The summed E-state index contributed by atoms with van der Waals surface area (Å²) >= 11 is 0. The second kappa shape index (κ2) is 18.6. The van der Waals surface area contributed by atoms with E-state index in [0.717, 1.165) is 111 Å². The molecule has 0 radical (unpaired) electrons. The third-order valence-electron chi connectivity index (χ3n) is 13.6. The van der Waals surface area contributed by atoms with E-state index < -0.39 is 0 Å². The van der Waals surface area contributed by atoms with Gasteiger partial charge in [-0.15, -0.1) is 0 Å². The molecule has 74 heavy (non-hydrogen) atoms. The number of nitrogens with zero attached hydrogens (tertiary/aromatic N) is 4. The largest absolute Gasteiger partial charge is 0.311 e. The fourth-order valence-corrected chi connectivity index (χ4v) is 10.1. The lowest BCUT2D eigenvalue weighted by Gasteiger charge is -2.30. The van der Waals surface area contributed by atoms with Crippen molar-refractivity contribution < 1.29 is 17.6 Å².